The zero-order valence-electron chi connectivity index (χ0n) is 12.4. The lowest BCUT2D eigenvalue weighted by Crippen LogP contribution is -2.32. The van der Waals surface area contributed by atoms with E-state index in [1.165, 1.54) is 22.2 Å². The van der Waals surface area contributed by atoms with Gasteiger partial charge in [-0.2, -0.15) is 0 Å². The Hall–Kier alpha value is -2.23. The van der Waals surface area contributed by atoms with Gasteiger partial charge in [0.25, 0.3) is 0 Å². The third-order valence-electron chi connectivity index (χ3n) is 3.38. The zero-order valence-corrected chi connectivity index (χ0v) is 12.4. The van der Waals surface area contributed by atoms with Crippen LogP contribution in [-0.2, 0) is 6.54 Å². The summed E-state index contributed by atoms with van der Waals surface area (Å²) in [6.07, 6.45) is 0. The summed E-state index contributed by atoms with van der Waals surface area (Å²) in [6.45, 7) is 11.2. The lowest BCUT2D eigenvalue weighted by Gasteiger charge is -2.05. The molecule has 0 bridgehead atoms. The third kappa shape index (κ3) is 3.20. The highest BCUT2D eigenvalue weighted by Crippen LogP contribution is 2.22. The fourth-order valence-electron chi connectivity index (χ4n) is 2.08. The van der Waals surface area contributed by atoms with Gasteiger partial charge in [-0.3, -0.25) is 0 Å². The molecule has 20 heavy (non-hydrogen) atoms. The van der Waals surface area contributed by atoms with E-state index in [2.05, 4.69) is 53.9 Å². The molecule has 0 aliphatic carbocycles. The van der Waals surface area contributed by atoms with Crippen molar-refractivity contribution in [2.75, 3.05) is 6.54 Å². The van der Waals surface area contributed by atoms with Gasteiger partial charge in [0, 0.05) is 23.1 Å². The minimum absolute atomic E-state index is 0.454. The highest BCUT2D eigenvalue weighted by Gasteiger charge is 2.04. The molecule has 4 N–H and O–H groups in total. The number of H-pyrrole nitrogens is 1. The van der Waals surface area contributed by atoms with E-state index in [-0.39, 0.29) is 0 Å². The average molecular weight is 270 g/mol. The second-order valence-electron chi connectivity index (χ2n) is 5.27. The van der Waals surface area contributed by atoms with Crippen LogP contribution >= 0.6 is 0 Å². The summed E-state index contributed by atoms with van der Waals surface area (Å²) in [4.78, 5) is 7.71. The first-order valence-corrected chi connectivity index (χ1v) is 6.73. The van der Waals surface area contributed by atoms with E-state index in [1.807, 2.05) is 6.92 Å². The smallest absolute Gasteiger partial charge is 0.189 e. The molecular formula is C16H22N4. The van der Waals surface area contributed by atoms with E-state index in [9.17, 15) is 0 Å². The van der Waals surface area contributed by atoms with Crippen LogP contribution in [0, 0.1) is 13.8 Å². The van der Waals surface area contributed by atoms with Crippen molar-refractivity contribution >= 4 is 16.9 Å². The van der Waals surface area contributed by atoms with Gasteiger partial charge in [0.2, 0.25) is 0 Å². The topological polar surface area (TPSA) is 66.2 Å². The fraction of sp³-hybridized carbons (Fsp3) is 0.312. The van der Waals surface area contributed by atoms with Gasteiger partial charge in [0.05, 0.1) is 6.54 Å². The van der Waals surface area contributed by atoms with Crippen molar-refractivity contribution in [1.82, 2.24) is 10.3 Å². The largest absolute Gasteiger partial charge is 0.370 e. The molecule has 1 aromatic heterocycles. The zero-order chi connectivity index (χ0) is 14.7. The molecule has 0 spiro atoms. The molecule has 0 atom stereocenters. The quantitative estimate of drug-likeness (QED) is 0.454. The molecular weight excluding hydrogens is 248 g/mol. The Kier molecular flexibility index (Phi) is 4.13. The number of aliphatic imine (C=N–C) groups is 1. The lowest BCUT2D eigenvalue weighted by molar-refractivity contribution is 0.941. The molecule has 0 unspecified atom stereocenters. The van der Waals surface area contributed by atoms with Gasteiger partial charge in [-0.25, -0.2) is 4.99 Å². The summed E-state index contributed by atoms with van der Waals surface area (Å²) in [5, 5.41) is 4.28. The van der Waals surface area contributed by atoms with E-state index in [0.717, 1.165) is 11.1 Å². The van der Waals surface area contributed by atoms with Gasteiger partial charge in [-0.15, -0.1) is 0 Å². The van der Waals surface area contributed by atoms with Gasteiger partial charge >= 0.3 is 0 Å². The summed E-state index contributed by atoms with van der Waals surface area (Å²) in [7, 11) is 0. The molecule has 0 aliphatic rings. The number of aromatic amines is 1. The number of hydrogen-bond acceptors (Lipinski definition) is 1. The van der Waals surface area contributed by atoms with Gasteiger partial charge in [-0.1, -0.05) is 18.2 Å². The van der Waals surface area contributed by atoms with Crippen LogP contribution < -0.4 is 11.1 Å². The number of rotatable bonds is 4. The molecule has 1 heterocycles. The van der Waals surface area contributed by atoms with E-state index >= 15 is 0 Å². The maximum Gasteiger partial charge on any atom is 0.189 e. The van der Waals surface area contributed by atoms with Gasteiger partial charge in [0.1, 0.15) is 0 Å². The number of aryl methyl sites for hydroxylation is 2. The van der Waals surface area contributed by atoms with Crippen molar-refractivity contribution in [3.05, 3.63) is 47.2 Å². The third-order valence-corrected chi connectivity index (χ3v) is 3.38. The molecule has 106 valence electrons. The molecule has 0 saturated carbocycles. The van der Waals surface area contributed by atoms with Crippen molar-refractivity contribution in [2.45, 2.75) is 27.3 Å². The Labute approximate surface area is 119 Å². The summed E-state index contributed by atoms with van der Waals surface area (Å²) in [5.41, 5.74) is 11.7. The Balaban J connectivity index is 2.12. The van der Waals surface area contributed by atoms with Crippen molar-refractivity contribution in [3.63, 3.8) is 0 Å². The predicted molar refractivity (Wildman–Crippen MR) is 85.9 cm³/mol. The molecule has 1 aromatic carbocycles. The highest BCUT2D eigenvalue weighted by molar-refractivity contribution is 5.85. The van der Waals surface area contributed by atoms with Crippen LogP contribution in [0.2, 0.25) is 0 Å². The standard InChI is InChI=1S/C16H22N4/c1-10(2)8-18-16(17)19-9-13-5-6-15-14(7-13)11(3)12(4)20-15/h5-7,20H,1,8-9H2,2-4H3,(H3,17,18,19). The van der Waals surface area contributed by atoms with Crippen LogP contribution in [0.4, 0.5) is 0 Å². The normalized spacial score (nSPS) is 11.8. The second-order valence-corrected chi connectivity index (χ2v) is 5.27. The molecule has 4 heteroatoms. The summed E-state index contributed by atoms with van der Waals surface area (Å²) in [5.74, 6) is 0.454. The molecule has 2 aromatic rings. The van der Waals surface area contributed by atoms with Gasteiger partial charge < -0.3 is 16.0 Å². The van der Waals surface area contributed by atoms with Crippen molar-refractivity contribution in [2.24, 2.45) is 10.7 Å². The minimum atomic E-state index is 0.454. The molecule has 2 rings (SSSR count). The second kappa shape index (κ2) is 5.82. The molecule has 0 saturated heterocycles. The number of nitrogens with zero attached hydrogens (tertiary/aromatic N) is 1. The maximum absolute atomic E-state index is 5.81. The van der Waals surface area contributed by atoms with Crippen LogP contribution in [0.3, 0.4) is 0 Å². The molecule has 0 fully saturated rings. The first-order chi connectivity index (χ1) is 9.47. The number of guanidine groups is 1. The Morgan fingerprint density at radius 1 is 1.40 bits per heavy atom. The van der Waals surface area contributed by atoms with Crippen molar-refractivity contribution in [3.8, 4) is 0 Å². The van der Waals surface area contributed by atoms with E-state index in [4.69, 9.17) is 5.73 Å². The predicted octanol–water partition coefficient (Wildman–Crippen LogP) is 2.77. The van der Waals surface area contributed by atoms with Gasteiger partial charge in [0.15, 0.2) is 5.96 Å². The number of nitrogens with two attached hydrogens (primary N) is 1. The van der Waals surface area contributed by atoms with Crippen LogP contribution in [0.5, 0.6) is 0 Å². The Bertz CT molecular complexity index is 664. The van der Waals surface area contributed by atoms with Crippen molar-refractivity contribution < 1.29 is 0 Å². The van der Waals surface area contributed by atoms with Crippen molar-refractivity contribution in [1.29, 1.82) is 0 Å². The SMILES string of the molecule is C=C(C)CNC(N)=NCc1ccc2[nH]c(C)c(C)c2c1. The molecule has 0 radical (unpaired) electrons. The molecule has 4 nitrogen and oxygen atoms in total. The van der Waals surface area contributed by atoms with E-state index in [1.54, 1.807) is 0 Å². The summed E-state index contributed by atoms with van der Waals surface area (Å²) in [6, 6.07) is 6.34. The van der Waals surface area contributed by atoms with E-state index < -0.39 is 0 Å². The number of hydrogen-bond donors (Lipinski definition) is 3. The number of aromatic nitrogens is 1. The van der Waals surface area contributed by atoms with E-state index in [0.29, 0.717) is 19.0 Å². The van der Waals surface area contributed by atoms with Crippen LogP contribution in [0.15, 0.2) is 35.3 Å². The summed E-state index contributed by atoms with van der Waals surface area (Å²) >= 11 is 0. The lowest BCUT2D eigenvalue weighted by atomic mass is 10.1. The number of benzene rings is 1. The first-order valence-electron chi connectivity index (χ1n) is 6.73. The molecule has 0 amide bonds. The average Bonchev–Trinajstić information content (AvgIpc) is 2.69. The summed E-state index contributed by atoms with van der Waals surface area (Å²) < 4.78 is 0. The number of fused-ring (bicyclic) bond motifs is 1. The van der Waals surface area contributed by atoms with Crippen LogP contribution in [0.1, 0.15) is 23.7 Å². The molecule has 0 aliphatic heterocycles. The first kappa shape index (κ1) is 14.2. The Morgan fingerprint density at radius 2 is 2.15 bits per heavy atom. The number of nitrogens with one attached hydrogen (secondary N) is 2. The van der Waals surface area contributed by atoms with Gasteiger partial charge in [-0.05, 0) is 44.0 Å². The highest BCUT2D eigenvalue weighted by atomic mass is 15.1. The monoisotopic (exact) mass is 270 g/mol. The van der Waals surface area contributed by atoms with Crippen LogP contribution in [0.25, 0.3) is 10.9 Å². The van der Waals surface area contributed by atoms with Crippen LogP contribution in [-0.4, -0.2) is 17.5 Å². The maximum atomic E-state index is 5.81. The Morgan fingerprint density at radius 3 is 2.85 bits per heavy atom. The minimum Gasteiger partial charge on any atom is -0.370 e. The fourth-order valence-corrected chi connectivity index (χ4v) is 2.08.